The number of fused-ring (bicyclic) bond motifs is 1. The average molecular weight is 422 g/mol. The number of nitrogens with zero attached hydrogens (tertiary/aromatic N) is 6. The minimum Gasteiger partial charge on any atom is -0.321 e. The van der Waals surface area contributed by atoms with Gasteiger partial charge in [0.15, 0.2) is 5.82 Å². The Morgan fingerprint density at radius 3 is 2.65 bits per heavy atom. The van der Waals surface area contributed by atoms with Gasteiger partial charge in [-0.05, 0) is 54.3 Å². The van der Waals surface area contributed by atoms with Crippen LogP contribution in [0.5, 0.6) is 0 Å². The maximum atomic E-state index is 13.3. The quantitative estimate of drug-likeness (QED) is 0.697. The molecular formula is C23H31N7O. The zero-order chi connectivity index (χ0) is 21.4. The van der Waals surface area contributed by atoms with Gasteiger partial charge in [0.2, 0.25) is 0 Å². The van der Waals surface area contributed by atoms with Gasteiger partial charge in [0.25, 0.3) is 5.56 Å². The van der Waals surface area contributed by atoms with Crippen LogP contribution in [-0.4, -0.2) is 68.2 Å². The van der Waals surface area contributed by atoms with E-state index in [1.165, 1.54) is 19.3 Å². The second-order valence-corrected chi connectivity index (χ2v) is 9.11. The summed E-state index contributed by atoms with van der Waals surface area (Å²) in [6.45, 7) is 5.71. The number of para-hydroxylation sites is 1. The summed E-state index contributed by atoms with van der Waals surface area (Å²) in [6.07, 6.45) is 5.89. The summed E-state index contributed by atoms with van der Waals surface area (Å²) < 4.78 is 2.02. The molecule has 1 saturated heterocycles. The van der Waals surface area contributed by atoms with Crippen molar-refractivity contribution in [3.05, 3.63) is 51.6 Å². The molecule has 3 aromatic rings. The van der Waals surface area contributed by atoms with Crippen LogP contribution < -0.4 is 5.56 Å². The van der Waals surface area contributed by atoms with Crippen LogP contribution in [-0.2, 0) is 0 Å². The highest BCUT2D eigenvalue weighted by Gasteiger charge is 2.34. The van der Waals surface area contributed by atoms with Crippen LogP contribution in [0, 0.1) is 6.92 Å². The lowest BCUT2D eigenvalue weighted by atomic mass is 9.95. The number of aromatic amines is 1. The Balaban J connectivity index is 1.63. The third-order valence-electron chi connectivity index (χ3n) is 7.00. The lowest BCUT2D eigenvalue weighted by Gasteiger charge is -2.37. The van der Waals surface area contributed by atoms with Crippen molar-refractivity contribution < 1.29 is 0 Å². The van der Waals surface area contributed by atoms with E-state index in [1.54, 1.807) is 0 Å². The topological polar surface area (TPSA) is 82.9 Å². The number of H-pyrrole nitrogens is 1. The molecule has 0 spiro atoms. The monoisotopic (exact) mass is 421 g/mol. The molecule has 1 aromatic carbocycles. The van der Waals surface area contributed by atoms with Gasteiger partial charge in [-0.15, -0.1) is 5.10 Å². The van der Waals surface area contributed by atoms with Crippen LogP contribution in [0.25, 0.3) is 10.9 Å². The van der Waals surface area contributed by atoms with Crippen molar-refractivity contribution in [2.75, 3.05) is 33.2 Å². The number of pyridine rings is 1. The van der Waals surface area contributed by atoms with Crippen molar-refractivity contribution in [1.29, 1.82) is 0 Å². The molecular weight excluding hydrogens is 390 g/mol. The van der Waals surface area contributed by atoms with Gasteiger partial charge in [0, 0.05) is 31.7 Å². The molecule has 1 unspecified atom stereocenters. The van der Waals surface area contributed by atoms with Crippen molar-refractivity contribution in [1.82, 2.24) is 35.0 Å². The van der Waals surface area contributed by atoms with Gasteiger partial charge < -0.3 is 9.88 Å². The number of nitrogens with one attached hydrogen (secondary N) is 1. The molecule has 0 radical (unpaired) electrons. The number of likely N-dealkylation sites (N-methyl/N-ethyl adjacent to an activating group) is 1. The number of aryl methyl sites for hydroxylation is 1. The van der Waals surface area contributed by atoms with Crippen LogP contribution in [0.1, 0.15) is 61.1 Å². The van der Waals surface area contributed by atoms with E-state index in [9.17, 15) is 4.79 Å². The van der Waals surface area contributed by atoms with Gasteiger partial charge in [0.05, 0.1) is 11.6 Å². The van der Waals surface area contributed by atoms with E-state index in [1.807, 2.05) is 29.8 Å². The third kappa shape index (κ3) is 3.90. The predicted octanol–water partition coefficient (Wildman–Crippen LogP) is 2.67. The number of hydrogen-bond acceptors (Lipinski definition) is 6. The number of hydrogen-bond donors (Lipinski definition) is 1. The highest BCUT2D eigenvalue weighted by atomic mass is 16.1. The van der Waals surface area contributed by atoms with Gasteiger partial charge in [-0.2, -0.15) is 0 Å². The lowest BCUT2D eigenvalue weighted by molar-refractivity contribution is 0.119. The third-order valence-corrected chi connectivity index (χ3v) is 7.00. The van der Waals surface area contributed by atoms with Crippen LogP contribution in [0.2, 0.25) is 0 Å². The van der Waals surface area contributed by atoms with Crippen LogP contribution in [0.4, 0.5) is 0 Å². The molecule has 2 aliphatic rings. The van der Waals surface area contributed by atoms with Crippen LogP contribution in [0.3, 0.4) is 0 Å². The Labute approximate surface area is 182 Å². The Kier molecular flexibility index (Phi) is 5.58. The van der Waals surface area contributed by atoms with E-state index in [-0.39, 0.29) is 11.6 Å². The SMILES string of the molecule is Cc1cccc2cc(C(c3nnnn3C3CCCCC3)N3CCN(C)CC3)c(=O)[nH]c12. The van der Waals surface area contributed by atoms with E-state index in [4.69, 9.17) is 0 Å². The highest BCUT2D eigenvalue weighted by Crippen LogP contribution is 2.33. The molecule has 1 N–H and O–H groups in total. The van der Waals surface area contributed by atoms with Crippen molar-refractivity contribution in [3.63, 3.8) is 0 Å². The highest BCUT2D eigenvalue weighted by molar-refractivity contribution is 5.82. The zero-order valence-corrected chi connectivity index (χ0v) is 18.4. The van der Waals surface area contributed by atoms with Crippen LogP contribution >= 0.6 is 0 Å². The molecule has 2 fully saturated rings. The molecule has 3 heterocycles. The molecule has 8 heteroatoms. The van der Waals surface area contributed by atoms with Gasteiger partial charge in [-0.3, -0.25) is 9.69 Å². The van der Waals surface area contributed by atoms with E-state index >= 15 is 0 Å². The minimum atomic E-state index is -0.251. The molecule has 8 nitrogen and oxygen atoms in total. The number of tetrazole rings is 1. The summed E-state index contributed by atoms with van der Waals surface area (Å²) in [5, 5.41) is 14.0. The van der Waals surface area contributed by atoms with E-state index in [2.05, 4.69) is 43.4 Å². The van der Waals surface area contributed by atoms with E-state index < -0.39 is 0 Å². The fourth-order valence-corrected chi connectivity index (χ4v) is 5.15. The molecule has 1 saturated carbocycles. The normalized spacial score (nSPS) is 20.3. The van der Waals surface area contributed by atoms with Crippen molar-refractivity contribution >= 4 is 10.9 Å². The van der Waals surface area contributed by atoms with Gasteiger partial charge in [0.1, 0.15) is 6.04 Å². The minimum absolute atomic E-state index is 0.0519. The van der Waals surface area contributed by atoms with Crippen molar-refractivity contribution in [3.8, 4) is 0 Å². The molecule has 5 rings (SSSR count). The summed E-state index contributed by atoms with van der Waals surface area (Å²) in [4.78, 5) is 21.2. The maximum Gasteiger partial charge on any atom is 0.253 e. The number of piperazine rings is 1. The van der Waals surface area contributed by atoms with Gasteiger partial charge in [-0.25, -0.2) is 4.68 Å². The Hall–Kier alpha value is -2.58. The fourth-order valence-electron chi connectivity index (χ4n) is 5.15. The summed E-state index contributed by atoms with van der Waals surface area (Å²) in [7, 11) is 2.14. The number of aromatic nitrogens is 5. The lowest BCUT2D eigenvalue weighted by Crippen LogP contribution is -2.47. The molecule has 0 amide bonds. The predicted molar refractivity (Wildman–Crippen MR) is 120 cm³/mol. The van der Waals surface area contributed by atoms with Crippen molar-refractivity contribution in [2.24, 2.45) is 0 Å². The Morgan fingerprint density at radius 1 is 1.10 bits per heavy atom. The zero-order valence-electron chi connectivity index (χ0n) is 18.4. The molecule has 1 aliphatic carbocycles. The summed E-state index contributed by atoms with van der Waals surface area (Å²) in [5.41, 5.74) is 2.66. The van der Waals surface area contributed by atoms with Gasteiger partial charge in [-0.1, -0.05) is 37.5 Å². The molecule has 0 bridgehead atoms. The number of rotatable bonds is 4. The standard InChI is InChI=1S/C23H31N7O/c1-16-7-6-8-17-15-19(23(31)24-20(16)17)21(29-13-11-28(2)12-14-29)22-25-26-27-30(22)18-9-4-3-5-10-18/h6-8,15,18,21H,3-5,9-14H2,1-2H3,(H,24,31). The second-order valence-electron chi connectivity index (χ2n) is 9.11. The Morgan fingerprint density at radius 2 is 1.87 bits per heavy atom. The average Bonchev–Trinajstić information content (AvgIpc) is 3.26. The first-order valence-electron chi connectivity index (χ1n) is 11.4. The molecule has 164 valence electrons. The summed E-state index contributed by atoms with van der Waals surface area (Å²) in [6, 6.07) is 8.24. The van der Waals surface area contributed by atoms with Gasteiger partial charge >= 0.3 is 0 Å². The summed E-state index contributed by atoms with van der Waals surface area (Å²) in [5.74, 6) is 0.800. The van der Waals surface area contributed by atoms with E-state index in [0.29, 0.717) is 6.04 Å². The number of benzene rings is 1. The Bertz CT molecular complexity index is 1110. The first-order chi connectivity index (χ1) is 15.1. The smallest absolute Gasteiger partial charge is 0.253 e. The first-order valence-corrected chi connectivity index (χ1v) is 11.4. The van der Waals surface area contributed by atoms with Crippen LogP contribution in [0.15, 0.2) is 29.1 Å². The largest absolute Gasteiger partial charge is 0.321 e. The second kappa shape index (κ2) is 8.51. The van der Waals surface area contributed by atoms with Crippen molar-refractivity contribution in [2.45, 2.75) is 51.1 Å². The van der Waals surface area contributed by atoms with E-state index in [0.717, 1.165) is 66.9 Å². The molecule has 1 atom stereocenters. The summed E-state index contributed by atoms with van der Waals surface area (Å²) >= 11 is 0. The molecule has 2 aromatic heterocycles. The molecule has 31 heavy (non-hydrogen) atoms. The fraction of sp³-hybridized carbons (Fsp3) is 0.565. The maximum absolute atomic E-state index is 13.3. The molecule has 1 aliphatic heterocycles. The first kappa shape index (κ1) is 20.3.